The van der Waals surface area contributed by atoms with Gasteiger partial charge in [0.2, 0.25) is 5.91 Å². The molecule has 20 heavy (non-hydrogen) atoms. The fourth-order valence-electron chi connectivity index (χ4n) is 2.51. The summed E-state index contributed by atoms with van der Waals surface area (Å²) in [5.74, 6) is -0.206. The molecule has 0 bridgehead atoms. The van der Waals surface area contributed by atoms with Gasteiger partial charge in [0.25, 0.3) is 5.69 Å². The fourth-order valence-corrected chi connectivity index (χ4v) is 2.51. The van der Waals surface area contributed by atoms with Crippen LogP contribution in [-0.4, -0.2) is 35.4 Å². The first-order chi connectivity index (χ1) is 9.51. The predicted molar refractivity (Wildman–Crippen MR) is 74.1 cm³/mol. The number of nitro benzene ring substituents is 1. The van der Waals surface area contributed by atoms with Crippen molar-refractivity contribution in [3.63, 3.8) is 0 Å². The van der Waals surface area contributed by atoms with E-state index in [0.29, 0.717) is 24.6 Å². The van der Waals surface area contributed by atoms with E-state index in [1.807, 2.05) is 0 Å². The van der Waals surface area contributed by atoms with Crippen molar-refractivity contribution in [3.8, 4) is 0 Å². The summed E-state index contributed by atoms with van der Waals surface area (Å²) in [6.45, 7) is 2.87. The van der Waals surface area contributed by atoms with Crippen LogP contribution in [0.2, 0.25) is 0 Å². The van der Waals surface area contributed by atoms with Crippen LogP contribution in [0, 0.1) is 16.0 Å². The molecular weight excluding hydrogens is 260 g/mol. The van der Waals surface area contributed by atoms with Crippen LogP contribution in [0.4, 0.5) is 5.69 Å². The summed E-state index contributed by atoms with van der Waals surface area (Å²) in [4.78, 5) is 23.9. The Hall–Kier alpha value is -1.99. The maximum Gasteiger partial charge on any atom is 0.274 e. The van der Waals surface area contributed by atoms with E-state index in [4.69, 9.17) is 11.5 Å². The zero-order valence-corrected chi connectivity index (χ0v) is 11.1. The van der Waals surface area contributed by atoms with Gasteiger partial charge in [-0.1, -0.05) is 6.07 Å². The molecule has 1 fully saturated rings. The number of primary amides is 1. The number of rotatable bonds is 5. The lowest BCUT2D eigenvalue weighted by Crippen LogP contribution is -2.23. The average Bonchev–Trinajstić information content (AvgIpc) is 2.86. The number of amides is 1. The molecule has 1 heterocycles. The monoisotopic (exact) mass is 278 g/mol. The summed E-state index contributed by atoms with van der Waals surface area (Å²) >= 11 is 0. The summed E-state index contributed by atoms with van der Waals surface area (Å²) in [5, 5.41) is 11.1. The maximum absolute atomic E-state index is 11.1. The molecule has 1 atom stereocenters. The Balaban J connectivity index is 2.19. The van der Waals surface area contributed by atoms with Crippen LogP contribution in [0.1, 0.15) is 22.3 Å². The molecule has 4 N–H and O–H groups in total. The SMILES string of the molecule is NCC1CCN(Cc2ccc(C(N)=O)cc2[N+](=O)[O-])C1. The Morgan fingerprint density at radius 2 is 2.25 bits per heavy atom. The molecule has 1 aliphatic heterocycles. The molecule has 1 aliphatic rings. The zero-order valence-electron chi connectivity index (χ0n) is 11.1. The van der Waals surface area contributed by atoms with Gasteiger partial charge >= 0.3 is 0 Å². The van der Waals surface area contributed by atoms with Crippen LogP contribution in [0.5, 0.6) is 0 Å². The minimum atomic E-state index is -0.663. The van der Waals surface area contributed by atoms with Crippen LogP contribution in [0.3, 0.4) is 0 Å². The minimum absolute atomic E-state index is 0.0579. The van der Waals surface area contributed by atoms with Gasteiger partial charge in [-0.3, -0.25) is 19.8 Å². The maximum atomic E-state index is 11.1. The quantitative estimate of drug-likeness (QED) is 0.600. The van der Waals surface area contributed by atoms with Crippen LogP contribution >= 0.6 is 0 Å². The topological polar surface area (TPSA) is 115 Å². The number of nitrogens with two attached hydrogens (primary N) is 2. The molecule has 7 nitrogen and oxygen atoms in total. The number of carbonyl (C=O) groups is 1. The Kier molecular flexibility index (Phi) is 4.31. The van der Waals surface area contributed by atoms with Gasteiger partial charge in [0.15, 0.2) is 0 Å². The van der Waals surface area contributed by atoms with Crippen LogP contribution in [-0.2, 0) is 6.54 Å². The Morgan fingerprint density at radius 1 is 1.50 bits per heavy atom. The Bertz CT molecular complexity index is 532. The van der Waals surface area contributed by atoms with Crippen molar-refractivity contribution in [1.82, 2.24) is 4.90 Å². The molecular formula is C13H18N4O3. The number of hydrogen-bond acceptors (Lipinski definition) is 5. The van der Waals surface area contributed by atoms with Gasteiger partial charge in [-0.25, -0.2) is 0 Å². The standard InChI is InChI=1S/C13H18N4O3/c14-6-9-3-4-16(7-9)8-11-2-1-10(13(15)18)5-12(11)17(19)20/h1-2,5,9H,3-4,6-8,14H2,(H2,15,18). The lowest BCUT2D eigenvalue weighted by molar-refractivity contribution is -0.385. The number of hydrogen-bond donors (Lipinski definition) is 2. The molecule has 1 amide bonds. The highest BCUT2D eigenvalue weighted by Gasteiger charge is 2.24. The number of carbonyl (C=O) groups excluding carboxylic acids is 1. The Morgan fingerprint density at radius 3 is 2.80 bits per heavy atom. The van der Waals surface area contributed by atoms with E-state index in [2.05, 4.69) is 4.90 Å². The van der Waals surface area contributed by atoms with E-state index in [1.165, 1.54) is 12.1 Å². The third-order valence-corrected chi connectivity index (χ3v) is 3.66. The van der Waals surface area contributed by atoms with Gasteiger partial charge in [0.1, 0.15) is 0 Å². The molecule has 1 aromatic rings. The van der Waals surface area contributed by atoms with Gasteiger partial charge in [-0.05, 0) is 31.5 Å². The highest BCUT2D eigenvalue weighted by Crippen LogP contribution is 2.24. The molecule has 7 heteroatoms. The molecule has 0 saturated carbocycles. The number of nitrogens with zero attached hydrogens (tertiary/aromatic N) is 2. The van der Waals surface area contributed by atoms with Crippen LogP contribution in [0.15, 0.2) is 18.2 Å². The van der Waals surface area contributed by atoms with Gasteiger partial charge in [-0.2, -0.15) is 0 Å². The van der Waals surface area contributed by atoms with E-state index in [1.54, 1.807) is 6.07 Å². The van der Waals surface area contributed by atoms with Crippen molar-refractivity contribution in [2.24, 2.45) is 17.4 Å². The third-order valence-electron chi connectivity index (χ3n) is 3.66. The molecule has 108 valence electrons. The second-order valence-corrected chi connectivity index (χ2v) is 5.09. The molecule has 0 radical (unpaired) electrons. The van der Waals surface area contributed by atoms with Crippen molar-refractivity contribution in [2.75, 3.05) is 19.6 Å². The van der Waals surface area contributed by atoms with E-state index in [9.17, 15) is 14.9 Å². The first kappa shape index (κ1) is 14.4. The second kappa shape index (κ2) is 5.98. The van der Waals surface area contributed by atoms with Gasteiger partial charge < -0.3 is 11.5 Å². The number of benzene rings is 1. The molecule has 0 aromatic heterocycles. The molecule has 1 saturated heterocycles. The van der Waals surface area contributed by atoms with Gasteiger partial charge in [0, 0.05) is 30.3 Å². The first-order valence-electron chi connectivity index (χ1n) is 6.50. The lowest BCUT2D eigenvalue weighted by Gasteiger charge is -2.15. The minimum Gasteiger partial charge on any atom is -0.366 e. The molecule has 1 aromatic carbocycles. The molecule has 0 spiro atoms. The van der Waals surface area contributed by atoms with Crippen molar-refractivity contribution in [2.45, 2.75) is 13.0 Å². The van der Waals surface area contributed by atoms with E-state index < -0.39 is 10.8 Å². The van der Waals surface area contributed by atoms with Crippen molar-refractivity contribution >= 4 is 11.6 Å². The van der Waals surface area contributed by atoms with E-state index >= 15 is 0 Å². The summed E-state index contributed by atoms with van der Waals surface area (Å²) in [6, 6.07) is 4.38. The predicted octanol–water partition coefficient (Wildman–Crippen LogP) is 0.474. The van der Waals surface area contributed by atoms with Gasteiger partial charge in [0.05, 0.1) is 4.92 Å². The summed E-state index contributed by atoms with van der Waals surface area (Å²) in [5.41, 5.74) is 11.5. The number of likely N-dealkylation sites (tertiary alicyclic amines) is 1. The summed E-state index contributed by atoms with van der Waals surface area (Å²) in [7, 11) is 0. The Labute approximate surface area is 116 Å². The van der Waals surface area contributed by atoms with Crippen LogP contribution in [0.25, 0.3) is 0 Å². The summed E-state index contributed by atoms with van der Waals surface area (Å²) in [6.07, 6.45) is 1.02. The number of nitro groups is 1. The highest BCUT2D eigenvalue weighted by molar-refractivity contribution is 5.93. The normalized spacial score (nSPS) is 19.1. The van der Waals surface area contributed by atoms with E-state index in [0.717, 1.165) is 19.5 Å². The van der Waals surface area contributed by atoms with Crippen molar-refractivity contribution in [1.29, 1.82) is 0 Å². The zero-order chi connectivity index (χ0) is 14.7. The molecule has 1 unspecified atom stereocenters. The first-order valence-corrected chi connectivity index (χ1v) is 6.50. The average molecular weight is 278 g/mol. The molecule has 0 aliphatic carbocycles. The third kappa shape index (κ3) is 3.12. The van der Waals surface area contributed by atoms with Crippen LogP contribution < -0.4 is 11.5 Å². The largest absolute Gasteiger partial charge is 0.366 e. The summed E-state index contributed by atoms with van der Waals surface area (Å²) < 4.78 is 0. The fraction of sp³-hybridized carbons (Fsp3) is 0.462. The lowest BCUT2D eigenvalue weighted by atomic mass is 10.1. The second-order valence-electron chi connectivity index (χ2n) is 5.09. The van der Waals surface area contributed by atoms with Crippen molar-refractivity contribution in [3.05, 3.63) is 39.4 Å². The van der Waals surface area contributed by atoms with Crippen molar-refractivity contribution < 1.29 is 9.72 Å². The highest BCUT2D eigenvalue weighted by atomic mass is 16.6. The molecule has 2 rings (SSSR count). The van der Waals surface area contributed by atoms with E-state index in [-0.39, 0.29) is 11.3 Å². The smallest absolute Gasteiger partial charge is 0.274 e. The van der Waals surface area contributed by atoms with Gasteiger partial charge in [-0.15, -0.1) is 0 Å².